The van der Waals surface area contributed by atoms with E-state index < -0.39 is 5.76 Å². The number of oxazole rings is 1. The lowest BCUT2D eigenvalue weighted by atomic mass is 10.2. The van der Waals surface area contributed by atoms with Crippen molar-refractivity contribution >= 4 is 16.8 Å². The molecule has 2 fully saturated rings. The van der Waals surface area contributed by atoms with Crippen molar-refractivity contribution in [1.82, 2.24) is 14.8 Å². The van der Waals surface area contributed by atoms with Crippen LogP contribution in [-0.4, -0.2) is 80.4 Å². The minimum Gasteiger partial charge on any atom is -0.494 e. The number of H-pyrrole nitrogens is 1. The average Bonchev–Trinajstić information content (AvgIpc) is 3.24. The minimum absolute atomic E-state index is 0.400. The van der Waals surface area contributed by atoms with Gasteiger partial charge in [-0.2, -0.15) is 0 Å². The van der Waals surface area contributed by atoms with Crippen molar-refractivity contribution in [2.75, 3.05) is 70.5 Å². The largest absolute Gasteiger partial charge is 0.494 e. The topological polar surface area (TPSA) is 74.2 Å². The fourth-order valence-electron chi connectivity index (χ4n) is 4.61. The molecular weight excluding hydrogens is 420 g/mol. The van der Waals surface area contributed by atoms with Gasteiger partial charge in [0.1, 0.15) is 5.75 Å². The van der Waals surface area contributed by atoms with Crippen LogP contribution in [-0.2, 0) is 11.3 Å². The Bertz CT molecular complexity index is 1080. The second-order valence-electron chi connectivity index (χ2n) is 8.73. The molecule has 3 aromatic rings. The predicted molar refractivity (Wildman–Crippen MR) is 128 cm³/mol. The summed E-state index contributed by atoms with van der Waals surface area (Å²) in [6, 6.07) is 14.3. The first-order chi connectivity index (χ1) is 16.2. The van der Waals surface area contributed by atoms with Gasteiger partial charge in [0.2, 0.25) is 0 Å². The maximum atomic E-state index is 11.6. The molecule has 0 bridgehead atoms. The van der Waals surface area contributed by atoms with Gasteiger partial charge in [-0.15, -0.1) is 0 Å². The molecule has 8 heteroatoms. The maximum absolute atomic E-state index is 11.6. The van der Waals surface area contributed by atoms with Crippen molar-refractivity contribution in [2.45, 2.75) is 13.0 Å². The molecule has 0 amide bonds. The van der Waals surface area contributed by atoms with Gasteiger partial charge in [-0.1, -0.05) is 18.2 Å². The number of rotatable bonds is 8. The van der Waals surface area contributed by atoms with Crippen LogP contribution in [0.3, 0.4) is 0 Å². The van der Waals surface area contributed by atoms with E-state index in [1.165, 1.54) is 5.56 Å². The van der Waals surface area contributed by atoms with Gasteiger partial charge in [0.15, 0.2) is 5.58 Å². The van der Waals surface area contributed by atoms with Gasteiger partial charge < -0.3 is 18.8 Å². The van der Waals surface area contributed by atoms with Crippen LogP contribution in [0.5, 0.6) is 5.75 Å². The van der Waals surface area contributed by atoms with Crippen LogP contribution >= 0.6 is 0 Å². The number of benzene rings is 2. The Balaban J connectivity index is 1.02. The van der Waals surface area contributed by atoms with E-state index in [-0.39, 0.29) is 0 Å². The molecule has 5 rings (SSSR count). The molecule has 3 heterocycles. The second kappa shape index (κ2) is 10.4. The monoisotopic (exact) mass is 452 g/mol. The molecule has 0 aliphatic carbocycles. The molecule has 0 unspecified atom stereocenters. The van der Waals surface area contributed by atoms with E-state index in [4.69, 9.17) is 13.9 Å². The fraction of sp³-hybridized carbons (Fsp3) is 0.480. The molecule has 33 heavy (non-hydrogen) atoms. The van der Waals surface area contributed by atoms with E-state index >= 15 is 0 Å². The highest BCUT2D eigenvalue weighted by molar-refractivity contribution is 5.86. The summed E-state index contributed by atoms with van der Waals surface area (Å²) in [4.78, 5) is 21.5. The molecular formula is C25H32N4O4. The quantitative estimate of drug-likeness (QED) is 0.527. The van der Waals surface area contributed by atoms with E-state index in [0.29, 0.717) is 5.58 Å². The zero-order valence-corrected chi connectivity index (χ0v) is 19.0. The molecule has 2 saturated heterocycles. The van der Waals surface area contributed by atoms with Gasteiger partial charge in [-0.05, 0) is 36.2 Å². The molecule has 1 N–H and O–H groups in total. The number of aromatic amines is 1. The van der Waals surface area contributed by atoms with Crippen molar-refractivity contribution in [1.29, 1.82) is 0 Å². The van der Waals surface area contributed by atoms with Crippen molar-refractivity contribution < 1.29 is 13.9 Å². The standard InChI is InChI=1S/C25H32N4O4/c30-25-26-22-3-1-4-23(24(22)33-25)29-12-10-27(11-13-29)9-2-16-32-21-7-5-20(6-8-21)19-28-14-17-31-18-15-28/h1,3-8H,2,9-19H2,(H,26,30). The molecule has 8 nitrogen and oxygen atoms in total. The van der Waals surface area contributed by atoms with Gasteiger partial charge in [0.25, 0.3) is 0 Å². The van der Waals surface area contributed by atoms with Crippen molar-refractivity contribution in [3.05, 3.63) is 58.6 Å². The number of morpholine rings is 1. The van der Waals surface area contributed by atoms with Crippen LogP contribution in [0.4, 0.5) is 5.69 Å². The lowest BCUT2D eigenvalue weighted by Gasteiger charge is -2.35. The summed E-state index contributed by atoms with van der Waals surface area (Å²) < 4.78 is 16.7. The maximum Gasteiger partial charge on any atom is 0.417 e. The second-order valence-corrected chi connectivity index (χ2v) is 8.73. The van der Waals surface area contributed by atoms with Gasteiger partial charge in [-0.3, -0.25) is 14.8 Å². The Labute approximate surface area is 193 Å². The predicted octanol–water partition coefficient (Wildman–Crippen LogP) is 2.54. The number of piperazine rings is 1. The van der Waals surface area contributed by atoms with E-state index in [2.05, 4.69) is 43.9 Å². The van der Waals surface area contributed by atoms with Crippen molar-refractivity contribution in [3.63, 3.8) is 0 Å². The van der Waals surface area contributed by atoms with Gasteiger partial charge >= 0.3 is 5.76 Å². The summed E-state index contributed by atoms with van der Waals surface area (Å²) in [6.07, 6.45) is 0.998. The molecule has 0 saturated carbocycles. The smallest absolute Gasteiger partial charge is 0.417 e. The number of anilines is 1. The summed E-state index contributed by atoms with van der Waals surface area (Å²) in [5.74, 6) is 0.537. The lowest BCUT2D eigenvalue weighted by Crippen LogP contribution is -2.46. The number of nitrogens with one attached hydrogen (secondary N) is 1. The zero-order chi connectivity index (χ0) is 22.5. The third-order valence-electron chi connectivity index (χ3n) is 6.46. The third kappa shape index (κ3) is 5.58. The molecule has 0 spiro atoms. The Hall–Kier alpha value is -2.81. The first-order valence-electron chi connectivity index (χ1n) is 11.9. The summed E-state index contributed by atoms with van der Waals surface area (Å²) in [6.45, 7) is 10.2. The van der Waals surface area contributed by atoms with Crippen LogP contribution in [0.1, 0.15) is 12.0 Å². The molecule has 2 aliphatic rings. The van der Waals surface area contributed by atoms with Crippen LogP contribution in [0.15, 0.2) is 51.7 Å². The zero-order valence-electron chi connectivity index (χ0n) is 19.0. The first kappa shape index (κ1) is 22.0. The van der Waals surface area contributed by atoms with Crippen LogP contribution in [0.25, 0.3) is 11.1 Å². The van der Waals surface area contributed by atoms with E-state index in [9.17, 15) is 4.79 Å². The number of para-hydroxylation sites is 1. The highest BCUT2D eigenvalue weighted by atomic mass is 16.5. The van der Waals surface area contributed by atoms with Crippen LogP contribution in [0.2, 0.25) is 0 Å². The minimum atomic E-state index is -0.400. The molecule has 2 aliphatic heterocycles. The van der Waals surface area contributed by atoms with E-state index in [1.807, 2.05) is 18.2 Å². The molecule has 1 aromatic heterocycles. The van der Waals surface area contributed by atoms with E-state index in [0.717, 1.165) is 95.6 Å². The number of aromatic nitrogens is 1. The fourth-order valence-corrected chi connectivity index (χ4v) is 4.61. The number of ether oxygens (including phenoxy) is 2. The summed E-state index contributed by atoms with van der Waals surface area (Å²) in [5.41, 5.74) is 3.72. The number of fused-ring (bicyclic) bond motifs is 1. The molecule has 2 aromatic carbocycles. The van der Waals surface area contributed by atoms with Crippen molar-refractivity contribution in [3.8, 4) is 5.75 Å². The Kier molecular flexibility index (Phi) is 6.95. The van der Waals surface area contributed by atoms with E-state index in [1.54, 1.807) is 0 Å². The highest BCUT2D eigenvalue weighted by Crippen LogP contribution is 2.26. The van der Waals surface area contributed by atoms with Crippen LogP contribution < -0.4 is 15.4 Å². The normalized spacial score (nSPS) is 18.1. The summed E-state index contributed by atoms with van der Waals surface area (Å²) in [5, 5.41) is 0. The van der Waals surface area contributed by atoms with Gasteiger partial charge in [-0.25, -0.2) is 4.79 Å². The van der Waals surface area contributed by atoms with Crippen molar-refractivity contribution in [2.24, 2.45) is 0 Å². The Morgan fingerprint density at radius 3 is 2.48 bits per heavy atom. The lowest BCUT2D eigenvalue weighted by molar-refractivity contribution is 0.0342. The van der Waals surface area contributed by atoms with Crippen LogP contribution in [0, 0.1) is 0 Å². The molecule has 0 atom stereocenters. The highest BCUT2D eigenvalue weighted by Gasteiger charge is 2.20. The molecule has 176 valence electrons. The first-order valence-corrected chi connectivity index (χ1v) is 11.9. The average molecular weight is 453 g/mol. The third-order valence-corrected chi connectivity index (χ3v) is 6.46. The number of hydrogen-bond acceptors (Lipinski definition) is 7. The number of hydrogen-bond donors (Lipinski definition) is 1. The Morgan fingerprint density at radius 1 is 0.909 bits per heavy atom. The van der Waals surface area contributed by atoms with Gasteiger partial charge in [0, 0.05) is 52.4 Å². The Morgan fingerprint density at radius 2 is 1.70 bits per heavy atom. The summed E-state index contributed by atoms with van der Waals surface area (Å²) >= 11 is 0. The molecule has 0 radical (unpaired) electrons. The van der Waals surface area contributed by atoms with Gasteiger partial charge in [0.05, 0.1) is 31.0 Å². The summed E-state index contributed by atoms with van der Waals surface area (Å²) in [7, 11) is 0. The number of nitrogens with zero attached hydrogens (tertiary/aromatic N) is 3. The SMILES string of the molecule is O=c1[nH]c2cccc(N3CCN(CCCOc4ccc(CN5CCOCC5)cc4)CC3)c2o1.